The van der Waals surface area contributed by atoms with Crippen molar-refractivity contribution in [2.75, 3.05) is 5.32 Å². The van der Waals surface area contributed by atoms with Crippen LogP contribution >= 0.6 is 0 Å². The SMILES string of the molecule is NC(/C=C\Nc1ccccc1)=NC(=O)Cc1ccc(F)cc1F. The lowest BCUT2D eigenvalue weighted by atomic mass is 10.1. The Labute approximate surface area is 132 Å². The number of amides is 1. The normalized spacial score (nSPS) is 11.7. The Bertz CT molecular complexity index is 743. The molecule has 0 aliphatic carbocycles. The van der Waals surface area contributed by atoms with Gasteiger partial charge in [0, 0.05) is 18.0 Å². The summed E-state index contributed by atoms with van der Waals surface area (Å²) < 4.78 is 26.2. The Morgan fingerprint density at radius 3 is 2.61 bits per heavy atom. The van der Waals surface area contributed by atoms with Crippen molar-refractivity contribution in [1.29, 1.82) is 0 Å². The number of halogens is 2. The van der Waals surface area contributed by atoms with Crippen LogP contribution in [0.15, 0.2) is 65.8 Å². The first-order valence-electron chi connectivity index (χ1n) is 6.83. The van der Waals surface area contributed by atoms with Crippen LogP contribution in [0.5, 0.6) is 0 Å². The molecule has 0 atom stereocenters. The lowest BCUT2D eigenvalue weighted by Gasteiger charge is -2.01. The molecular formula is C17H15F2N3O. The first-order chi connectivity index (χ1) is 11.0. The lowest BCUT2D eigenvalue weighted by molar-refractivity contribution is -0.117. The number of amidine groups is 1. The number of anilines is 1. The molecule has 2 aromatic carbocycles. The number of carbonyl (C=O) groups is 1. The van der Waals surface area contributed by atoms with Gasteiger partial charge in [-0.05, 0) is 29.8 Å². The van der Waals surface area contributed by atoms with Crippen molar-refractivity contribution in [3.8, 4) is 0 Å². The van der Waals surface area contributed by atoms with Gasteiger partial charge in [-0.1, -0.05) is 24.3 Å². The second-order valence-electron chi connectivity index (χ2n) is 4.69. The van der Waals surface area contributed by atoms with E-state index in [9.17, 15) is 13.6 Å². The molecule has 0 aliphatic rings. The number of rotatable bonds is 5. The summed E-state index contributed by atoms with van der Waals surface area (Å²) in [5, 5.41) is 2.96. The fourth-order valence-electron chi connectivity index (χ4n) is 1.81. The van der Waals surface area contributed by atoms with E-state index in [4.69, 9.17) is 5.73 Å². The second kappa shape index (κ2) is 7.84. The molecular weight excluding hydrogens is 300 g/mol. The number of benzene rings is 2. The van der Waals surface area contributed by atoms with Gasteiger partial charge in [-0.25, -0.2) is 8.78 Å². The van der Waals surface area contributed by atoms with E-state index >= 15 is 0 Å². The van der Waals surface area contributed by atoms with E-state index in [-0.39, 0.29) is 17.8 Å². The van der Waals surface area contributed by atoms with E-state index in [0.717, 1.165) is 17.8 Å². The highest BCUT2D eigenvalue weighted by Gasteiger charge is 2.08. The molecule has 0 unspecified atom stereocenters. The van der Waals surface area contributed by atoms with Gasteiger partial charge in [0.05, 0.1) is 6.42 Å². The minimum Gasteiger partial charge on any atom is -0.384 e. The third kappa shape index (κ3) is 5.35. The predicted octanol–water partition coefficient (Wildman–Crippen LogP) is 3.02. The first-order valence-corrected chi connectivity index (χ1v) is 6.83. The highest BCUT2D eigenvalue weighted by atomic mass is 19.1. The van der Waals surface area contributed by atoms with Crippen LogP contribution in [0.2, 0.25) is 0 Å². The van der Waals surface area contributed by atoms with E-state index in [1.54, 1.807) is 6.20 Å². The molecule has 2 rings (SSSR count). The van der Waals surface area contributed by atoms with Crippen LogP contribution in [0.4, 0.5) is 14.5 Å². The van der Waals surface area contributed by atoms with Gasteiger partial charge in [0.2, 0.25) is 0 Å². The van der Waals surface area contributed by atoms with E-state index in [0.29, 0.717) is 0 Å². The van der Waals surface area contributed by atoms with Crippen LogP contribution in [0.25, 0.3) is 0 Å². The molecule has 0 aliphatic heterocycles. The standard InChI is InChI=1S/C17H15F2N3O/c18-13-7-6-12(15(19)11-13)10-17(23)22-16(20)8-9-21-14-4-2-1-3-5-14/h1-9,11,21H,10H2,(H2,20,22,23)/b9-8-. The first kappa shape index (κ1) is 16.4. The Kier molecular flexibility index (Phi) is 5.57. The minimum atomic E-state index is -0.784. The van der Waals surface area contributed by atoms with Crippen LogP contribution in [0.1, 0.15) is 5.56 Å². The van der Waals surface area contributed by atoms with Crippen molar-refractivity contribution in [3.05, 3.63) is 78.0 Å². The van der Waals surface area contributed by atoms with Crippen molar-refractivity contribution in [3.63, 3.8) is 0 Å². The number of hydrogen-bond donors (Lipinski definition) is 2. The molecule has 0 saturated heterocycles. The highest BCUT2D eigenvalue weighted by Crippen LogP contribution is 2.10. The number of nitrogens with one attached hydrogen (secondary N) is 1. The summed E-state index contributed by atoms with van der Waals surface area (Å²) in [6.45, 7) is 0. The summed E-state index contributed by atoms with van der Waals surface area (Å²) in [7, 11) is 0. The Morgan fingerprint density at radius 2 is 1.91 bits per heavy atom. The fraction of sp³-hybridized carbons (Fsp3) is 0.0588. The number of nitrogens with two attached hydrogens (primary N) is 1. The molecule has 0 aromatic heterocycles. The maximum atomic E-state index is 13.4. The van der Waals surface area contributed by atoms with Gasteiger partial charge in [0.25, 0.3) is 5.91 Å². The quantitative estimate of drug-likeness (QED) is 0.658. The van der Waals surface area contributed by atoms with Crippen molar-refractivity contribution < 1.29 is 13.6 Å². The Morgan fingerprint density at radius 1 is 1.17 bits per heavy atom. The highest BCUT2D eigenvalue weighted by molar-refractivity contribution is 6.00. The van der Waals surface area contributed by atoms with Crippen molar-refractivity contribution in [2.45, 2.75) is 6.42 Å². The summed E-state index contributed by atoms with van der Waals surface area (Å²) in [4.78, 5) is 15.3. The van der Waals surface area contributed by atoms with Crippen molar-refractivity contribution in [2.24, 2.45) is 10.7 Å². The smallest absolute Gasteiger partial charge is 0.252 e. The summed E-state index contributed by atoms with van der Waals surface area (Å²) in [5.74, 6) is -2.11. The number of aliphatic imine (C=N–C) groups is 1. The molecule has 2 aromatic rings. The van der Waals surface area contributed by atoms with Gasteiger partial charge < -0.3 is 11.1 Å². The third-order valence-corrected chi connectivity index (χ3v) is 2.89. The Balaban J connectivity index is 1.93. The predicted molar refractivity (Wildman–Crippen MR) is 85.9 cm³/mol. The van der Waals surface area contributed by atoms with E-state index in [1.807, 2.05) is 30.3 Å². The van der Waals surface area contributed by atoms with Gasteiger partial charge in [-0.15, -0.1) is 0 Å². The van der Waals surface area contributed by atoms with E-state index < -0.39 is 17.5 Å². The van der Waals surface area contributed by atoms with E-state index in [1.165, 1.54) is 12.1 Å². The zero-order chi connectivity index (χ0) is 16.7. The fourth-order valence-corrected chi connectivity index (χ4v) is 1.81. The summed E-state index contributed by atoms with van der Waals surface area (Å²) in [5.41, 5.74) is 6.53. The molecule has 4 nitrogen and oxygen atoms in total. The van der Waals surface area contributed by atoms with Gasteiger partial charge in [-0.2, -0.15) is 4.99 Å². The average Bonchev–Trinajstić information content (AvgIpc) is 2.51. The molecule has 23 heavy (non-hydrogen) atoms. The van der Waals surface area contributed by atoms with Crippen molar-refractivity contribution >= 4 is 17.4 Å². The maximum absolute atomic E-state index is 13.4. The molecule has 6 heteroatoms. The number of nitrogens with zero attached hydrogens (tertiary/aromatic N) is 1. The molecule has 0 fully saturated rings. The van der Waals surface area contributed by atoms with Gasteiger partial charge >= 0.3 is 0 Å². The zero-order valence-electron chi connectivity index (χ0n) is 12.2. The van der Waals surface area contributed by atoms with Gasteiger partial charge in [0.15, 0.2) is 0 Å². The maximum Gasteiger partial charge on any atom is 0.252 e. The number of carbonyl (C=O) groups excluding carboxylic acids is 1. The van der Waals surface area contributed by atoms with Crippen LogP contribution in [0, 0.1) is 11.6 Å². The Hall–Kier alpha value is -3.02. The minimum absolute atomic E-state index is 0.0130. The van der Waals surface area contributed by atoms with Gasteiger partial charge in [0.1, 0.15) is 17.5 Å². The van der Waals surface area contributed by atoms with Gasteiger partial charge in [-0.3, -0.25) is 4.79 Å². The van der Waals surface area contributed by atoms with Crippen LogP contribution in [0.3, 0.4) is 0 Å². The third-order valence-electron chi connectivity index (χ3n) is 2.89. The van der Waals surface area contributed by atoms with Crippen molar-refractivity contribution in [1.82, 2.24) is 0 Å². The molecule has 0 bridgehead atoms. The van der Waals surface area contributed by atoms with Crippen LogP contribution in [-0.2, 0) is 11.2 Å². The van der Waals surface area contributed by atoms with Crippen LogP contribution in [-0.4, -0.2) is 11.7 Å². The summed E-state index contributed by atoms with van der Waals surface area (Å²) >= 11 is 0. The molecule has 0 spiro atoms. The molecule has 118 valence electrons. The molecule has 3 N–H and O–H groups in total. The second-order valence-corrected chi connectivity index (χ2v) is 4.69. The largest absolute Gasteiger partial charge is 0.384 e. The average molecular weight is 315 g/mol. The topological polar surface area (TPSA) is 67.5 Å². The molecule has 0 saturated carbocycles. The number of hydrogen-bond acceptors (Lipinski definition) is 2. The summed E-state index contributed by atoms with van der Waals surface area (Å²) in [6.07, 6.45) is 2.68. The lowest BCUT2D eigenvalue weighted by Crippen LogP contribution is -2.13. The van der Waals surface area contributed by atoms with Crippen LogP contribution < -0.4 is 11.1 Å². The summed E-state index contributed by atoms with van der Waals surface area (Å²) in [6, 6.07) is 12.4. The zero-order valence-corrected chi connectivity index (χ0v) is 12.2. The molecule has 0 heterocycles. The number of para-hydroxylation sites is 1. The van der Waals surface area contributed by atoms with E-state index in [2.05, 4.69) is 10.3 Å². The monoisotopic (exact) mass is 315 g/mol. The molecule has 1 amide bonds. The molecule has 0 radical (unpaired) electrons.